The van der Waals surface area contributed by atoms with Crippen molar-refractivity contribution in [2.24, 2.45) is 0 Å². The second-order valence-electron chi connectivity index (χ2n) is 7.33. The fourth-order valence-corrected chi connectivity index (χ4v) is 4.63. The molecule has 13 heteroatoms. The van der Waals surface area contributed by atoms with E-state index in [2.05, 4.69) is 10.3 Å². The molecule has 0 aliphatic carbocycles. The lowest BCUT2D eigenvalue weighted by Crippen LogP contribution is -2.30. The molecule has 2 heterocycles. The summed E-state index contributed by atoms with van der Waals surface area (Å²) >= 11 is 0. The molecule has 1 aliphatic heterocycles. The lowest BCUT2D eigenvalue weighted by molar-refractivity contribution is -0.137. The van der Waals surface area contributed by atoms with Crippen molar-refractivity contribution >= 4 is 27.5 Å². The van der Waals surface area contributed by atoms with E-state index in [1.807, 2.05) is 0 Å². The van der Waals surface area contributed by atoms with Crippen molar-refractivity contribution in [3.8, 4) is 16.9 Å². The molecular formula is C21H16F4N4O4S. The number of rotatable bonds is 5. The number of alkyl halides is 3. The lowest BCUT2D eigenvalue weighted by atomic mass is 10.0. The Morgan fingerprint density at radius 2 is 1.85 bits per heavy atom. The van der Waals surface area contributed by atoms with Gasteiger partial charge in [0.15, 0.2) is 5.82 Å². The summed E-state index contributed by atoms with van der Waals surface area (Å²) in [4.78, 5) is 15.4. The monoisotopic (exact) mass is 496 g/mol. The van der Waals surface area contributed by atoms with E-state index in [9.17, 15) is 35.9 Å². The number of phenolic OH excluding ortho intramolecular Hbond substituents is 1. The van der Waals surface area contributed by atoms with Crippen molar-refractivity contribution in [2.45, 2.75) is 12.7 Å². The summed E-state index contributed by atoms with van der Waals surface area (Å²) in [5, 5.41) is 13.2. The van der Waals surface area contributed by atoms with E-state index in [1.54, 1.807) is 10.8 Å². The van der Waals surface area contributed by atoms with Crippen LogP contribution >= 0.6 is 0 Å². The fourth-order valence-electron chi connectivity index (χ4n) is 3.46. The van der Waals surface area contributed by atoms with Gasteiger partial charge >= 0.3 is 16.4 Å². The third-order valence-electron chi connectivity index (χ3n) is 5.00. The molecule has 0 radical (unpaired) electrons. The third kappa shape index (κ3) is 4.59. The third-order valence-corrected chi connectivity index (χ3v) is 6.38. The highest BCUT2D eigenvalue weighted by Crippen LogP contribution is 2.36. The summed E-state index contributed by atoms with van der Waals surface area (Å²) in [6.45, 7) is -0.704. The molecule has 3 N–H and O–H groups in total. The van der Waals surface area contributed by atoms with E-state index in [0.717, 1.165) is 24.3 Å². The number of carbonyl (C=O) groups is 1. The fraction of sp³-hybridized carbons (Fsp3) is 0.143. The van der Waals surface area contributed by atoms with Crippen molar-refractivity contribution in [3.63, 3.8) is 0 Å². The molecule has 1 fully saturated rings. The predicted molar refractivity (Wildman–Crippen MR) is 114 cm³/mol. The van der Waals surface area contributed by atoms with E-state index in [1.165, 1.54) is 24.5 Å². The standard InChI is InChI=1S/C21H16F4N4O4S/c22-16-7-12(8-18(30)20(16)29-11-19(31)28-34(29,32)33)9-27-17-10-26-6-5-15(17)13-1-3-14(4-2-13)21(23,24)25/h1-8,10,27,30H,9,11H2,(H,28,31). The van der Waals surface area contributed by atoms with Crippen LogP contribution in [0.3, 0.4) is 0 Å². The number of nitrogens with one attached hydrogen (secondary N) is 2. The van der Waals surface area contributed by atoms with Crippen molar-refractivity contribution in [1.82, 2.24) is 9.71 Å². The maximum Gasteiger partial charge on any atom is 0.416 e. The molecular weight excluding hydrogens is 480 g/mol. The minimum absolute atomic E-state index is 0.0337. The van der Waals surface area contributed by atoms with Crippen molar-refractivity contribution in [2.75, 3.05) is 16.2 Å². The smallest absolute Gasteiger partial charge is 0.416 e. The average Bonchev–Trinajstić information content (AvgIpc) is 3.03. The minimum atomic E-state index is -4.46. The maximum atomic E-state index is 14.7. The molecule has 0 spiro atoms. The minimum Gasteiger partial charge on any atom is -0.506 e. The van der Waals surface area contributed by atoms with Gasteiger partial charge in [0.2, 0.25) is 0 Å². The average molecular weight is 496 g/mol. The van der Waals surface area contributed by atoms with E-state index in [4.69, 9.17) is 0 Å². The molecule has 0 unspecified atom stereocenters. The number of pyridine rings is 1. The molecule has 4 rings (SSSR count). The zero-order chi connectivity index (χ0) is 24.7. The van der Waals surface area contributed by atoms with Crippen LogP contribution in [-0.2, 0) is 27.7 Å². The van der Waals surface area contributed by atoms with Gasteiger partial charge in [-0.1, -0.05) is 12.1 Å². The van der Waals surface area contributed by atoms with E-state index >= 15 is 0 Å². The summed E-state index contributed by atoms with van der Waals surface area (Å²) in [5.74, 6) is -2.62. The van der Waals surface area contributed by atoms with Crippen molar-refractivity contribution in [3.05, 3.63) is 71.8 Å². The Morgan fingerprint density at radius 1 is 1.15 bits per heavy atom. The number of aromatic hydroxyl groups is 1. The van der Waals surface area contributed by atoms with Crippen LogP contribution in [-0.4, -0.2) is 31.0 Å². The van der Waals surface area contributed by atoms with Gasteiger partial charge in [0.05, 0.1) is 17.4 Å². The largest absolute Gasteiger partial charge is 0.506 e. The molecule has 1 aliphatic rings. The van der Waals surface area contributed by atoms with E-state index < -0.39 is 51.7 Å². The number of carbonyl (C=O) groups excluding carboxylic acids is 1. The first-order valence-corrected chi connectivity index (χ1v) is 11.1. The van der Waals surface area contributed by atoms with Crippen LogP contribution in [0.5, 0.6) is 5.75 Å². The topological polar surface area (TPSA) is 112 Å². The molecule has 1 amide bonds. The first-order valence-electron chi connectivity index (χ1n) is 9.66. The van der Waals surface area contributed by atoms with E-state index in [-0.39, 0.29) is 12.1 Å². The summed E-state index contributed by atoms with van der Waals surface area (Å²) in [6.07, 6.45) is -1.57. The zero-order valence-electron chi connectivity index (χ0n) is 17.1. The maximum absolute atomic E-state index is 14.7. The molecule has 3 aromatic rings. The van der Waals surface area contributed by atoms with Crippen LogP contribution in [0.15, 0.2) is 54.9 Å². The molecule has 8 nitrogen and oxygen atoms in total. The highest BCUT2D eigenvalue weighted by atomic mass is 32.2. The Bertz CT molecular complexity index is 1340. The van der Waals surface area contributed by atoms with Gasteiger partial charge in [0.1, 0.15) is 18.0 Å². The van der Waals surface area contributed by atoms with Crippen molar-refractivity contribution in [1.29, 1.82) is 0 Å². The van der Waals surface area contributed by atoms with Crippen LogP contribution < -0.4 is 14.3 Å². The van der Waals surface area contributed by atoms with Crippen LogP contribution in [0, 0.1) is 5.82 Å². The Balaban J connectivity index is 1.57. The van der Waals surface area contributed by atoms with Gasteiger partial charge in [-0.05, 0) is 41.5 Å². The predicted octanol–water partition coefficient (Wildman–Crippen LogP) is 3.41. The van der Waals surface area contributed by atoms with Crippen LogP contribution in [0.2, 0.25) is 0 Å². The zero-order valence-corrected chi connectivity index (χ0v) is 17.9. The molecule has 0 atom stereocenters. The number of amides is 1. The number of hydrogen-bond donors (Lipinski definition) is 3. The Labute approximate surface area is 191 Å². The number of hydrogen-bond acceptors (Lipinski definition) is 6. The van der Waals surface area contributed by atoms with Gasteiger partial charge < -0.3 is 10.4 Å². The van der Waals surface area contributed by atoms with Gasteiger partial charge in [-0.25, -0.2) is 13.4 Å². The molecule has 0 saturated carbocycles. The molecule has 2 aromatic carbocycles. The van der Waals surface area contributed by atoms with Crippen LogP contribution in [0.4, 0.5) is 28.9 Å². The quantitative estimate of drug-likeness (QED) is 0.467. The van der Waals surface area contributed by atoms with E-state index in [0.29, 0.717) is 21.1 Å². The number of benzene rings is 2. The summed E-state index contributed by atoms with van der Waals surface area (Å²) in [6, 6.07) is 8.26. The number of aromatic nitrogens is 1. The first-order chi connectivity index (χ1) is 16.0. The molecule has 34 heavy (non-hydrogen) atoms. The first kappa shape index (κ1) is 23.3. The number of halogens is 4. The van der Waals surface area contributed by atoms with Crippen LogP contribution in [0.25, 0.3) is 11.1 Å². The number of phenols is 1. The van der Waals surface area contributed by atoms with Crippen molar-refractivity contribution < 1.29 is 35.9 Å². The summed E-state index contributed by atoms with van der Waals surface area (Å²) in [7, 11) is -4.31. The second kappa shape index (κ2) is 8.48. The highest BCUT2D eigenvalue weighted by molar-refractivity contribution is 7.92. The second-order valence-corrected chi connectivity index (χ2v) is 8.93. The molecule has 1 saturated heterocycles. The lowest BCUT2D eigenvalue weighted by Gasteiger charge is -2.18. The van der Waals surface area contributed by atoms with Crippen LogP contribution in [0.1, 0.15) is 11.1 Å². The normalized spacial score (nSPS) is 15.3. The summed E-state index contributed by atoms with van der Waals surface area (Å²) < 4.78 is 79.2. The SMILES string of the molecule is O=C1CN(c2c(O)cc(CNc3cnccc3-c3ccc(C(F)(F)F)cc3)cc2F)S(=O)(=O)N1. The number of nitrogens with zero attached hydrogens (tertiary/aromatic N) is 2. The molecule has 178 valence electrons. The Morgan fingerprint density at radius 3 is 2.44 bits per heavy atom. The Hall–Kier alpha value is -3.87. The molecule has 0 bridgehead atoms. The number of anilines is 2. The van der Waals surface area contributed by atoms with Gasteiger partial charge in [0.25, 0.3) is 5.91 Å². The van der Waals surface area contributed by atoms with Gasteiger partial charge in [0, 0.05) is 18.3 Å². The Kier molecular flexibility index (Phi) is 5.81. The van der Waals surface area contributed by atoms with Gasteiger partial charge in [-0.2, -0.15) is 21.6 Å². The highest BCUT2D eigenvalue weighted by Gasteiger charge is 2.37. The molecule has 1 aromatic heterocycles. The summed E-state index contributed by atoms with van der Waals surface area (Å²) in [5.41, 5.74) is 0.244. The van der Waals surface area contributed by atoms with Gasteiger partial charge in [-0.3, -0.25) is 9.78 Å². The van der Waals surface area contributed by atoms with Gasteiger partial charge in [-0.15, -0.1) is 0 Å².